The molecule has 3 fully saturated rings. The quantitative estimate of drug-likeness (QED) is 0.901. The third-order valence-electron chi connectivity index (χ3n) is 5.64. The summed E-state index contributed by atoms with van der Waals surface area (Å²) in [5.74, 6) is 0.723. The maximum absolute atomic E-state index is 13.0. The van der Waals surface area contributed by atoms with E-state index in [0.717, 1.165) is 13.2 Å². The summed E-state index contributed by atoms with van der Waals surface area (Å²) in [4.78, 5) is 30.2. The minimum absolute atomic E-state index is 0.0169. The van der Waals surface area contributed by atoms with Crippen molar-refractivity contribution >= 4 is 17.6 Å². The van der Waals surface area contributed by atoms with E-state index in [9.17, 15) is 9.59 Å². The number of hydrogen-bond acceptors (Lipinski definition) is 4. The third kappa shape index (κ3) is 2.32. The Morgan fingerprint density at radius 1 is 1.39 bits per heavy atom. The van der Waals surface area contributed by atoms with Crippen LogP contribution >= 0.6 is 0 Å². The highest BCUT2D eigenvalue weighted by Crippen LogP contribution is 2.55. The van der Waals surface area contributed by atoms with E-state index in [-0.39, 0.29) is 23.3 Å². The first-order valence-electron chi connectivity index (χ1n) is 8.21. The van der Waals surface area contributed by atoms with Gasteiger partial charge in [-0.25, -0.2) is 4.98 Å². The Bertz CT molecular complexity index is 656. The van der Waals surface area contributed by atoms with Gasteiger partial charge in [0.15, 0.2) is 0 Å². The number of ether oxygens (including phenoxy) is 1. The Kier molecular flexibility index (Phi) is 3.37. The summed E-state index contributed by atoms with van der Waals surface area (Å²) in [6, 6.07) is 3.56. The van der Waals surface area contributed by atoms with Crippen molar-refractivity contribution in [3.8, 4) is 0 Å². The van der Waals surface area contributed by atoms with Gasteiger partial charge >= 0.3 is 0 Å². The summed E-state index contributed by atoms with van der Waals surface area (Å²) in [5, 5.41) is 2.63. The van der Waals surface area contributed by atoms with E-state index in [1.54, 1.807) is 18.3 Å². The number of amides is 2. The van der Waals surface area contributed by atoms with Gasteiger partial charge in [0.2, 0.25) is 5.91 Å². The zero-order valence-electron chi connectivity index (χ0n) is 13.2. The fourth-order valence-electron chi connectivity index (χ4n) is 4.37. The number of rotatable bonds is 2. The van der Waals surface area contributed by atoms with E-state index in [1.165, 1.54) is 26.2 Å². The molecular formula is C17H21N3O3. The second kappa shape index (κ2) is 5.30. The van der Waals surface area contributed by atoms with E-state index in [1.807, 2.05) is 4.90 Å². The highest BCUT2D eigenvalue weighted by Gasteiger charge is 2.58. The van der Waals surface area contributed by atoms with Gasteiger partial charge in [0.25, 0.3) is 5.91 Å². The van der Waals surface area contributed by atoms with E-state index < -0.39 is 0 Å². The number of nitrogens with zero attached hydrogens (tertiary/aromatic N) is 2. The van der Waals surface area contributed by atoms with E-state index >= 15 is 0 Å². The highest BCUT2D eigenvalue weighted by atomic mass is 16.5. The van der Waals surface area contributed by atoms with Crippen molar-refractivity contribution in [2.45, 2.75) is 32.2 Å². The zero-order valence-corrected chi connectivity index (χ0v) is 13.2. The molecule has 0 aromatic carbocycles. The van der Waals surface area contributed by atoms with Gasteiger partial charge in [0, 0.05) is 31.1 Å². The number of aromatic nitrogens is 1. The first-order valence-corrected chi connectivity index (χ1v) is 8.21. The Labute approximate surface area is 135 Å². The van der Waals surface area contributed by atoms with Gasteiger partial charge < -0.3 is 15.0 Å². The molecule has 4 rings (SSSR count). The number of carbonyl (C=O) groups is 2. The van der Waals surface area contributed by atoms with Crippen LogP contribution in [0, 0.1) is 11.3 Å². The van der Waals surface area contributed by atoms with Crippen LogP contribution in [0.1, 0.15) is 36.5 Å². The minimum atomic E-state index is -0.194. The standard InChI is InChI=1S/C17H21N3O3/c1-11(21)19-15-7-12(3-6-18-15)16(22)20-10-17(4-2-5-17)13-8-23-9-14(13)20/h3,6-7,13-14H,2,4-5,8-10H2,1H3,(H,18,19,21)/t13-,14+/m1/s1. The lowest BCUT2D eigenvalue weighted by atomic mass is 9.62. The SMILES string of the molecule is CC(=O)Nc1cc(C(=O)N2CC3(CCC3)[C@@H]3COC[C@@H]32)ccn1. The molecule has 2 amide bonds. The number of anilines is 1. The molecule has 2 aliphatic heterocycles. The molecule has 1 spiro atoms. The minimum Gasteiger partial charge on any atom is -0.379 e. The fraction of sp³-hybridized carbons (Fsp3) is 0.588. The average Bonchev–Trinajstić information content (AvgIpc) is 3.05. The lowest BCUT2D eigenvalue weighted by molar-refractivity contribution is -0.114. The first-order chi connectivity index (χ1) is 11.1. The molecule has 3 aliphatic rings. The number of carbonyl (C=O) groups excluding carboxylic acids is 2. The highest BCUT2D eigenvalue weighted by molar-refractivity contribution is 5.96. The van der Waals surface area contributed by atoms with Crippen molar-refractivity contribution in [1.82, 2.24) is 9.88 Å². The van der Waals surface area contributed by atoms with Gasteiger partial charge in [-0.3, -0.25) is 9.59 Å². The summed E-state index contributed by atoms with van der Waals surface area (Å²) in [7, 11) is 0. The summed E-state index contributed by atoms with van der Waals surface area (Å²) >= 11 is 0. The Morgan fingerprint density at radius 2 is 2.22 bits per heavy atom. The van der Waals surface area contributed by atoms with Crippen LogP contribution in [0.25, 0.3) is 0 Å². The molecule has 0 radical (unpaired) electrons. The van der Waals surface area contributed by atoms with E-state index in [2.05, 4.69) is 10.3 Å². The summed E-state index contributed by atoms with van der Waals surface area (Å²) in [5.41, 5.74) is 0.857. The monoisotopic (exact) mass is 315 g/mol. The van der Waals surface area contributed by atoms with Gasteiger partial charge in [-0.1, -0.05) is 6.42 Å². The topological polar surface area (TPSA) is 71.5 Å². The van der Waals surface area contributed by atoms with Gasteiger partial charge in [-0.2, -0.15) is 0 Å². The van der Waals surface area contributed by atoms with Crippen LogP contribution in [-0.4, -0.2) is 47.5 Å². The molecule has 6 heteroatoms. The largest absolute Gasteiger partial charge is 0.379 e. The first kappa shape index (κ1) is 14.6. The molecule has 1 aromatic rings. The van der Waals surface area contributed by atoms with Crippen molar-refractivity contribution in [3.63, 3.8) is 0 Å². The van der Waals surface area contributed by atoms with Crippen molar-refractivity contribution in [1.29, 1.82) is 0 Å². The van der Waals surface area contributed by atoms with Gasteiger partial charge in [-0.05, 0) is 30.4 Å². The van der Waals surface area contributed by atoms with Crippen LogP contribution in [0.5, 0.6) is 0 Å². The van der Waals surface area contributed by atoms with Crippen LogP contribution in [0.2, 0.25) is 0 Å². The number of fused-ring (bicyclic) bond motifs is 2. The zero-order chi connectivity index (χ0) is 16.0. The number of pyridine rings is 1. The van der Waals surface area contributed by atoms with E-state index in [0.29, 0.717) is 23.9 Å². The normalized spacial score (nSPS) is 27.6. The number of nitrogens with one attached hydrogen (secondary N) is 1. The fourth-order valence-corrected chi connectivity index (χ4v) is 4.37. The Balaban J connectivity index is 1.58. The molecule has 6 nitrogen and oxygen atoms in total. The molecule has 1 aliphatic carbocycles. The molecule has 2 saturated heterocycles. The Morgan fingerprint density at radius 3 is 2.91 bits per heavy atom. The lowest BCUT2D eigenvalue weighted by Crippen LogP contribution is -2.39. The lowest BCUT2D eigenvalue weighted by Gasteiger charge is -2.41. The molecule has 1 aromatic heterocycles. The maximum atomic E-state index is 13.0. The predicted molar refractivity (Wildman–Crippen MR) is 84.0 cm³/mol. The van der Waals surface area contributed by atoms with Crippen LogP contribution < -0.4 is 5.32 Å². The molecule has 2 atom stereocenters. The average molecular weight is 315 g/mol. The van der Waals surface area contributed by atoms with Crippen LogP contribution in [0.3, 0.4) is 0 Å². The number of hydrogen-bond donors (Lipinski definition) is 1. The molecule has 1 saturated carbocycles. The van der Waals surface area contributed by atoms with Gasteiger partial charge in [0.1, 0.15) is 5.82 Å². The van der Waals surface area contributed by atoms with Crippen molar-refractivity contribution < 1.29 is 14.3 Å². The predicted octanol–water partition coefficient (Wildman–Crippen LogP) is 1.68. The third-order valence-corrected chi connectivity index (χ3v) is 5.64. The second-order valence-electron chi connectivity index (χ2n) is 6.97. The van der Waals surface area contributed by atoms with Crippen molar-refractivity contribution in [3.05, 3.63) is 23.9 Å². The number of likely N-dealkylation sites (tertiary alicyclic amines) is 1. The molecule has 23 heavy (non-hydrogen) atoms. The Hall–Kier alpha value is -1.95. The molecular weight excluding hydrogens is 294 g/mol. The molecule has 3 heterocycles. The summed E-state index contributed by atoms with van der Waals surface area (Å²) in [6.45, 7) is 3.68. The smallest absolute Gasteiger partial charge is 0.254 e. The van der Waals surface area contributed by atoms with Crippen molar-refractivity contribution in [2.75, 3.05) is 25.1 Å². The van der Waals surface area contributed by atoms with E-state index in [4.69, 9.17) is 4.74 Å². The molecule has 122 valence electrons. The van der Waals surface area contributed by atoms with Gasteiger partial charge in [0.05, 0.1) is 19.3 Å². The maximum Gasteiger partial charge on any atom is 0.254 e. The molecule has 0 unspecified atom stereocenters. The van der Waals surface area contributed by atoms with Crippen LogP contribution in [0.4, 0.5) is 5.82 Å². The van der Waals surface area contributed by atoms with Crippen LogP contribution in [0.15, 0.2) is 18.3 Å². The summed E-state index contributed by atoms with van der Waals surface area (Å²) < 4.78 is 5.67. The molecule has 1 N–H and O–H groups in total. The van der Waals surface area contributed by atoms with Crippen LogP contribution in [-0.2, 0) is 9.53 Å². The summed E-state index contributed by atoms with van der Waals surface area (Å²) in [6.07, 6.45) is 5.23. The molecule has 0 bridgehead atoms. The van der Waals surface area contributed by atoms with Crippen molar-refractivity contribution in [2.24, 2.45) is 11.3 Å². The second-order valence-corrected chi connectivity index (χ2v) is 6.97. The van der Waals surface area contributed by atoms with Gasteiger partial charge in [-0.15, -0.1) is 0 Å².